The summed E-state index contributed by atoms with van der Waals surface area (Å²) >= 11 is 0. The van der Waals surface area contributed by atoms with Crippen LogP contribution in [0.15, 0.2) is 29.3 Å². The summed E-state index contributed by atoms with van der Waals surface area (Å²) in [6, 6.07) is 8.19. The number of nitrogens with two attached hydrogens (primary N) is 1. The lowest BCUT2D eigenvalue weighted by Gasteiger charge is -2.11. The van der Waals surface area contributed by atoms with E-state index in [-0.39, 0.29) is 29.9 Å². The van der Waals surface area contributed by atoms with Crippen LogP contribution >= 0.6 is 24.0 Å². The van der Waals surface area contributed by atoms with Crippen LogP contribution < -0.4 is 11.1 Å². The molecule has 1 aromatic carbocycles. The number of rotatable bonds is 5. The summed E-state index contributed by atoms with van der Waals surface area (Å²) in [4.78, 5) is 17.8. The highest BCUT2D eigenvalue weighted by Crippen LogP contribution is 2.18. The highest BCUT2D eigenvalue weighted by molar-refractivity contribution is 14.0. The molecule has 0 unspecified atom stereocenters. The van der Waals surface area contributed by atoms with Crippen molar-refractivity contribution in [2.45, 2.75) is 25.3 Å². The lowest BCUT2D eigenvalue weighted by atomic mass is 10.1. The second kappa shape index (κ2) is 8.21. The lowest BCUT2D eigenvalue weighted by Crippen LogP contribution is -2.33. The predicted molar refractivity (Wildman–Crippen MR) is 96.2 cm³/mol. The van der Waals surface area contributed by atoms with Crippen molar-refractivity contribution < 1.29 is 4.79 Å². The van der Waals surface area contributed by atoms with E-state index in [1.165, 1.54) is 12.8 Å². The van der Waals surface area contributed by atoms with Crippen molar-refractivity contribution in [2.24, 2.45) is 10.7 Å². The highest BCUT2D eigenvalue weighted by Gasteiger charge is 2.21. The van der Waals surface area contributed by atoms with Crippen LogP contribution in [0.5, 0.6) is 0 Å². The number of halogens is 1. The Morgan fingerprint density at radius 3 is 2.76 bits per heavy atom. The van der Waals surface area contributed by atoms with E-state index in [1.807, 2.05) is 24.3 Å². The molecule has 1 aromatic rings. The molecule has 6 heteroatoms. The molecular weight excluding hydrogens is 379 g/mol. The number of amides is 1. The van der Waals surface area contributed by atoms with Gasteiger partial charge in [0.15, 0.2) is 5.96 Å². The van der Waals surface area contributed by atoms with Crippen molar-refractivity contribution in [1.82, 2.24) is 10.2 Å². The predicted octanol–water partition coefficient (Wildman–Crippen LogP) is 1.62. The topological polar surface area (TPSA) is 70.7 Å². The summed E-state index contributed by atoms with van der Waals surface area (Å²) in [5, 5.41) is 3.15. The van der Waals surface area contributed by atoms with Gasteiger partial charge in [-0.3, -0.25) is 9.79 Å². The van der Waals surface area contributed by atoms with E-state index in [1.54, 1.807) is 19.0 Å². The van der Waals surface area contributed by atoms with Crippen molar-refractivity contribution in [2.75, 3.05) is 20.6 Å². The molecule has 2 rings (SSSR count). The zero-order valence-corrected chi connectivity index (χ0v) is 14.8. The molecule has 1 saturated carbocycles. The summed E-state index contributed by atoms with van der Waals surface area (Å²) in [6.45, 7) is 0.630. The fourth-order valence-corrected chi connectivity index (χ4v) is 1.91. The van der Waals surface area contributed by atoms with Crippen molar-refractivity contribution >= 4 is 35.8 Å². The molecule has 0 aromatic heterocycles. The van der Waals surface area contributed by atoms with Crippen LogP contribution in [0.3, 0.4) is 0 Å². The number of hydrogen-bond acceptors (Lipinski definition) is 2. The zero-order valence-electron chi connectivity index (χ0n) is 12.5. The number of carbonyl (C=O) groups excluding carboxylic acids is 1. The fourth-order valence-electron chi connectivity index (χ4n) is 1.91. The van der Waals surface area contributed by atoms with Crippen molar-refractivity contribution in [3.05, 3.63) is 35.4 Å². The van der Waals surface area contributed by atoms with Crippen molar-refractivity contribution in [1.29, 1.82) is 0 Å². The van der Waals surface area contributed by atoms with Crippen LogP contribution in [0.25, 0.3) is 0 Å². The molecule has 21 heavy (non-hydrogen) atoms. The first kappa shape index (κ1) is 17.7. The number of aliphatic imine (C=N–C) groups is 1. The maximum atomic E-state index is 11.9. The van der Waals surface area contributed by atoms with Crippen LogP contribution in [-0.2, 0) is 6.42 Å². The Bertz CT molecular complexity index is 512. The van der Waals surface area contributed by atoms with Gasteiger partial charge in [-0.25, -0.2) is 0 Å². The van der Waals surface area contributed by atoms with Gasteiger partial charge in [0.05, 0.1) is 0 Å². The molecule has 5 nitrogen and oxygen atoms in total. The third-order valence-electron chi connectivity index (χ3n) is 3.19. The van der Waals surface area contributed by atoms with Crippen LogP contribution in [-0.4, -0.2) is 43.4 Å². The minimum Gasteiger partial charge on any atom is -0.370 e. The van der Waals surface area contributed by atoms with Gasteiger partial charge in [-0.05, 0) is 37.0 Å². The Morgan fingerprint density at radius 2 is 2.14 bits per heavy atom. The van der Waals surface area contributed by atoms with E-state index in [9.17, 15) is 4.79 Å². The SMILES string of the molecule is CN(C)C(=O)c1cccc(CCN=C(N)NC2CC2)c1.I. The van der Waals surface area contributed by atoms with Crippen LogP contribution in [0, 0.1) is 0 Å². The molecule has 1 fully saturated rings. The summed E-state index contributed by atoms with van der Waals surface area (Å²) in [5.41, 5.74) is 7.58. The van der Waals surface area contributed by atoms with Gasteiger partial charge >= 0.3 is 0 Å². The van der Waals surface area contributed by atoms with Gasteiger partial charge in [-0.2, -0.15) is 0 Å². The number of hydrogen-bond donors (Lipinski definition) is 2. The van der Waals surface area contributed by atoms with E-state index in [2.05, 4.69) is 10.3 Å². The minimum absolute atomic E-state index is 0. The Kier molecular flexibility index (Phi) is 6.94. The highest BCUT2D eigenvalue weighted by atomic mass is 127. The molecule has 1 aliphatic rings. The van der Waals surface area contributed by atoms with E-state index in [0.29, 0.717) is 24.1 Å². The molecule has 1 aliphatic carbocycles. The minimum atomic E-state index is 0. The number of nitrogens with one attached hydrogen (secondary N) is 1. The average molecular weight is 402 g/mol. The van der Waals surface area contributed by atoms with E-state index in [0.717, 1.165) is 12.0 Å². The lowest BCUT2D eigenvalue weighted by molar-refractivity contribution is 0.0827. The average Bonchev–Trinajstić information content (AvgIpc) is 3.22. The maximum absolute atomic E-state index is 11.9. The second-order valence-corrected chi connectivity index (χ2v) is 5.34. The largest absolute Gasteiger partial charge is 0.370 e. The van der Waals surface area contributed by atoms with E-state index >= 15 is 0 Å². The number of benzene rings is 1. The summed E-state index contributed by atoms with van der Waals surface area (Å²) in [5.74, 6) is 0.540. The Labute approximate surface area is 143 Å². The molecule has 116 valence electrons. The molecule has 0 heterocycles. The van der Waals surface area contributed by atoms with Gasteiger partial charge < -0.3 is 16.0 Å². The molecule has 0 atom stereocenters. The van der Waals surface area contributed by atoms with Gasteiger partial charge in [0.25, 0.3) is 5.91 Å². The van der Waals surface area contributed by atoms with Crippen LogP contribution in [0.2, 0.25) is 0 Å². The van der Waals surface area contributed by atoms with Crippen LogP contribution in [0.1, 0.15) is 28.8 Å². The number of guanidine groups is 1. The van der Waals surface area contributed by atoms with Crippen LogP contribution in [0.4, 0.5) is 0 Å². The normalized spacial score (nSPS) is 14.3. The van der Waals surface area contributed by atoms with E-state index in [4.69, 9.17) is 5.73 Å². The molecule has 0 aliphatic heterocycles. The molecule has 1 amide bonds. The number of carbonyl (C=O) groups is 1. The van der Waals surface area contributed by atoms with Crippen molar-refractivity contribution in [3.8, 4) is 0 Å². The van der Waals surface area contributed by atoms with Gasteiger partial charge in [0.2, 0.25) is 0 Å². The Morgan fingerprint density at radius 1 is 1.43 bits per heavy atom. The monoisotopic (exact) mass is 402 g/mol. The summed E-state index contributed by atoms with van der Waals surface area (Å²) in [7, 11) is 3.51. The first-order valence-corrected chi connectivity index (χ1v) is 6.93. The standard InChI is InChI=1S/C15H22N4O.HI/c1-19(2)14(20)12-5-3-4-11(10-12)8-9-17-15(16)18-13-6-7-13;/h3-5,10,13H,6-9H2,1-2H3,(H3,16,17,18);1H. The Hall–Kier alpha value is -1.31. The third kappa shape index (κ3) is 5.91. The molecule has 0 saturated heterocycles. The first-order valence-electron chi connectivity index (χ1n) is 6.93. The van der Waals surface area contributed by atoms with Crippen molar-refractivity contribution in [3.63, 3.8) is 0 Å². The molecule has 0 radical (unpaired) electrons. The van der Waals surface area contributed by atoms with Gasteiger partial charge in [-0.1, -0.05) is 12.1 Å². The smallest absolute Gasteiger partial charge is 0.253 e. The molecular formula is C15H23IN4O. The fraction of sp³-hybridized carbons (Fsp3) is 0.467. The molecule has 3 N–H and O–H groups in total. The maximum Gasteiger partial charge on any atom is 0.253 e. The zero-order chi connectivity index (χ0) is 14.5. The van der Waals surface area contributed by atoms with E-state index < -0.39 is 0 Å². The number of nitrogens with zero attached hydrogens (tertiary/aromatic N) is 2. The van der Waals surface area contributed by atoms with Gasteiger partial charge in [0, 0.05) is 32.2 Å². The summed E-state index contributed by atoms with van der Waals surface area (Å²) < 4.78 is 0. The first-order chi connectivity index (χ1) is 9.56. The second-order valence-electron chi connectivity index (χ2n) is 5.34. The summed E-state index contributed by atoms with van der Waals surface area (Å²) in [6.07, 6.45) is 3.15. The molecule has 0 bridgehead atoms. The third-order valence-corrected chi connectivity index (χ3v) is 3.19. The molecule has 0 spiro atoms. The quantitative estimate of drug-likeness (QED) is 0.447. The van der Waals surface area contributed by atoms with Gasteiger partial charge in [-0.15, -0.1) is 24.0 Å². The Balaban J connectivity index is 0.00000220. The van der Waals surface area contributed by atoms with Gasteiger partial charge in [0.1, 0.15) is 0 Å².